The molecule has 0 aliphatic heterocycles. The number of hydrogen-bond donors (Lipinski definition) is 0. The molecule has 4 nitrogen and oxygen atoms in total. The van der Waals surface area contributed by atoms with E-state index >= 15 is 0 Å². The van der Waals surface area contributed by atoms with Crippen molar-refractivity contribution in [3.63, 3.8) is 0 Å². The number of rotatable bonds is 8. The van der Waals surface area contributed by atoms with Crippen molar-refractivity contribution >= 4 is 6.08 Å². The lowest BCUT2D eigenvalue weighted by molar-refractivity contribution is 0.324. The lowest BCUT2D eigenvalue weighted by Crippen LogP contribution is -2.17. The molecule has 0 aromatic heterocycles. The first-order valence-electron chi connectivity index (χ1n) is 7.87. The van der Waals surface area contributed by atoms with Crippen molar-refractivity contribution in [2.24, 2.45) is 0 Å². The van der Waals surface area contributed by atoms with Crippen molar-refractivity contribution in [1.29, 1.82) is 0 Å². The molecule has 0 fully saturated rings. The van der Waals surface area contributed by atoms with Crippen LogP contribution in [-0.4, -0.2) is 39.8 Å². The van der Waals surface area contributed by atoms with E-state index in [0.717, 1.165) is 18.7 Å². The zero-order valence-electron chi connectivity index (χ0n) is 14.8. The summed E-state index contributed by atoms with van der Waals surface area (Å²) in [6.07, 6.45) is 4.16. The van der Waals surface area contributed by atoms with Gasteiger partial charge in [0, 0.05) is 18.7 Å². The fraction of sp³-hybridized carbons (Fsp3) is 0.300. The lowest BCUT2D eigenvalue weighted by atomic mass is 10.1. The van der Waals surface area contributed by atoms with Crippen molar-refractivity contribution in [1.82, 2.24) is 4.90 Å². The zero-order chi connectivity index (χ0) is 17.4. The van der Waals surface area contributed by atoms with E-state index in [1.54, 1.807) is 21.3 Å². The zero-order valence-corrected chi connectivity index (χ0v) is 14.8. The van der Waals surface area contributed by atoms with Crippen LogP contribution in [0.1, 0.15) is 11.1 Å². The van der Waals surface area contributed by atoms with E-state index in [2.05, 4.69) is 42.3 Å². The Morgan fingerprint density at radius 2 is 1.58 bits per heavy atom. The first kappa shape index (κ1) is 17.9. The molecule has 0 radical (unpaired) electrons. The molecule has 0 spiro atoms. The minimum Gasteiger partial charge on any atom is -0.493 e. The van der Waals surface area contributed by atoms with Gasteiger partial charge in [0.1, 0.15) is 0 Å². The molecule has 0 amide bonds. The van der Waals surface area contributed by atoms with Gasteiger partial charge >= 0.3 is 0 Å². The Morgan fingerprint density at radius 1 is 0.875 bits per heavy atom. The maximum absolute atomic E-state index is 5.49. The molecular weight excluding hydrogens is 302 g/mol. The van der Waals surface area contributed by atoms with Crippen LogP contribution in [0, 0.1) is 0 Å². The number of benzene rings is 2. The van der Waals surface area contributed by atoms with Gasteiger partial charge in [-0.05, 0) is 24.7 Å². The summed E-state index contributed by atoms with van der Waals surface area (Å²) in [6, 6.07) is 14.3. The second kappa shape index (κ2) is 8.99. The van der Waals surface area contributed by atoms with Crippen LogP contribution in [-0.2, 0) is 6.54 Å². The van der Waals surface area contributed by atoms with Crippen LogP contribution in [0.25, 0.3) is 6.08 Å². The van der Waals surface area contributed by atoms with Gasteiger partial charge in [0.25, 0.3) is 0 Å². The van der Waals surface area contributed by atoms with E-state index in [1.807, 2.05) is 24.3 Å². The molecule has 0 heterocycles. The van der Waals surface area contributed by atoms with E-state index in [1.165, 1.54) is 5.56 Å². The smallest absolute Gasteiger partial charge is 0.203 e. The van der Waals surface area contributed by atoms with Crippen LogP contribution < -0.4 is 14.2 Å². The Morgan fingerprint density at radius 3 is 2.21 bits per heavy atom. The number of nitrogens with zero attached hydrogens (tertiary/aromatic N) is 1. The van der Waals surface area contributed by atoms with Crippen LogP contribution in [0.15, 0.2) is 48.5 Å². The number of ether oxygens (including phenoxy) is 3. The largest absolute Gasteiger partial charge is 0.493 e. The SMILES string of the molecule is COc1ccc(C=CCN(C)Cc2ccccc2)c(OC)c1OC. The Balaban J connectivity index is 2.06. The number of likely N-dealkylation sites (N-methyl/N-ethyl adjacent to an activating group) is 1. The van der Waals surface area contributed by atoms with Gasteiger partial charge in [0.2, 0.25) is 5.75 Å². The molecule has 0 atom stereocenters. The van der Waals surface area contributed by atoms with Crippen molar-refractivity contribution in [3.05, 3.63) is 59.7 Å². The van der Waals surface area contributed by atoms with Crippen LogP contribution >= 0.6 is 0 Å². The minimum atomic E-state index is 0.611. The molecular formula is C20H25NO3. The Kier molecular flexibility index (Phi) is 6.70. The number of hydrogen-bond acceptors (Lipinski definition) is 4. The van der Waals surface area contributed by atoms with Crippen molar-refractivity contribution < 1.29 is 14.2 Å². The van der Waals surface area contributed by atoms with E-state index in [4.69, 9.17) is 14.2 Å². The van der Waals surface area contributed by atoms with Gasteiger partial charge in [-0.3, -0.25) is 4.90 Å². The summed E-state index contributed by atoms with van der Waals surface area (Å²) in [5.41, 5.74) is 2.26. The highest BCUT2D eigenvalue weighted by atomic mass is 16.5. The molecule has 0 unspecified atom stereocenters. The molecule has 24 heavy (non-hydrogen) atoms. The summed E-state index contributed by atoms with van der Waals surface area (Å²) >= 11 is 0. The Labute approximate surface area is 144 Å². The van der Waals surface area contributed by atoms with Crippen LogP contribution in [0.4, 0.5) is 0 Å². The fourth-order valence-corrected chi connectivity index (χ4v) is 2.57. The Hall–Kier alpha value is -2.46. The highest BCUT2D eigenvalue weighted by Gasteiger charge is 2.13. The topological polar surface area (TPSA) is 30.9 Å². The molecule has 0 aliphatic carbocycles. The predicted octanol–water partition coefficient (Wildman–Crippen LogP) is 3.86. The first-order valence-corrected chi connectivity index (χ1v) is 7.87. The van der Waals surface area contributed by atoms with E-state index in [0.29, 0.717) is 17.2 Å². The fourth-order valence-electron chi connectivity index (χ4n) is 2.57. The second-order valence-corrected chi connectivity index (χ2v) is 5.51. The van der Waals surface area contributed by atoms with Crippen molar-refractivity contribution in [2.45, 2.75) is 6.54 Å². The molecule has 0 aliphatic rings. The summed E-state index contributed by atoms with van der Waals surface area (Å²) in [5.74, 6) is 1.95. The van der Waals surface area contributed by atoms with E-state index < -0.39 is 0 Å². The monoisotopic (exact) mass is 327 g/mol. The van der Waals surface area contributed by atoms with E-state index in [-0.39, 0.29) is 0 Å². The van der Waals surface area contributed by atoms with Crippen LogP contribution in [0.3, 0.4) is 0 Å². The van der Waals surface area contributed by atoms with Gasteiger partial charge in [-0.25, -0.2) is 0 Å². The standard InChI is InChI=1S/C20H25NO3/c1-21(15-16-9-6-5-7-10-16)14-8-11-17-12-13-18(22-2)20(24-4)19(17)23-3/h5-13H,14-15H2,1-4H3. The quantitative estimate of drug-likeness (QED) is 0.737. The third-order valence-corrected chi connectivity index (χ3v) is 3.74. The average Bonchev–Trinajstić information content (AvgIpc) is 2.61. The third-order valence-electron chi connectivity index (χ3n) is 3.74. The summed E-state index contributed by atoms with van der Waals surface area (Å²) in [7, 11) is 6.96. The molecule has 0 saturated carbocycles. The van der Waals surface area contributed by atoms with E-state index in [9.17, 15) is 0 Å². The van der Waals surface area contributed by atoms with Gasteiger partial charge in [0.05, 0.1) is 21.3 Å². The third kappa shape index (κ3) is 4.52. The predicted molar refractivity (Wildman–Crippen MR) is 97.9 cm³/mol. The molecule has 2 aromatic carbocycles. The Bertz CT molecular complexity index is 668. The molecule has 0 N–H and O–H groups in total. The lowest BCUT2D eigenvalue weighted by Gasteiger charge is -2.15. The molecule has 0 saturated heterocycles. The summed E-state index contributed by atoms with van der Waals surface area (Å²) < 4.78 is 16.2. The minimum absolute atomic E-state index is 0.611. The number of methoxy groups -OCH3 is 3. The maximum Gasteiger partial charge on any atom is 0.203 e. The molecule has 2 rings (SSSR count). The van der Waals surface area contributed by atoms with Crippen LogP contribution in [0.5, 0.6) is 17.2 Å². The molecule has 128 valence electrons. The maximum atomic E-state index is 5.49. The highest BCUT2D eigenvalue weighted by Crippen LogP contribution is 2.40. The molecule has 2 aromatic rings. The van der Waals surface area contributed by atoms with Gasteiger partial charge < -0.3 is 14.2 Å². The summed E-state index contributed by atoms with van der Waals surface area (Å²) in [5, 5.41) is 0. The normalized spacial score (nSPS) is 11.0. The van der Waals surface area contributed by atoms with Crippen molar-refractivity contribution in [3.8, 4) is 17.2 Å². The molecule has 0 bridgehead atoms. The van der Waals surface area contributed by atoms with Gasteiger partial charge in [-0.1, -0.05) is 42.5 Å². The summed E-state index contributed by atoms with van der Waals surface area (Å²) in [4.78, 5) is 2.25. The van der Waals surface area contributed by atoms with Gasteiger partial charge in [0.15, 0.2) is 11.5 Å². The van der Waals surface area contributed by atoms with Gasteiger partial charge in [-0.2, -0.15) is 0 Å². The molecule has 4 heteroatoms. The van der Waals surface area contributed by atoms with Crippen LogP contribution in [0.2, 0.25) is 0 Å². The second-order valence-electron chi connectivity index (χ2n) is 5.51. The summed E-state index contributed by atoms with van der Waals surface area (Å²) in [6.45, 7) is 1.75. The van der Waals surface area contributed by atoms with Crippen molar-refractivity contribution in [2.75, 3.05) is 34.9 Å². The average molecular weight is 327 g/mol. The highest BCUT2D eigenvalue weighted by molar-refractivity contribution is 5.66. The van der Waals surface area contributed by atoms with Gasteiger partial charge in [-0.15, -0.1) is 0 Å². The first-order chi connectivity index (χ1) is 11.7.